The molecule has 3 heteroatoms. The van der Waals surface area contributed by atoms with Crippen molar-refractivity contribution in [2.45, 2.75) is 70.8 Å². The van der Waals surface area contributed by atoms with Crippen LogP contribution < -0.4 is 10.6 Å². The van der Waals surface area contributed by atoms with Crippen LogP contribution >= 0.6 is 0 Å². The van der Waals surface area contributed by atoms with Crippen LogP contribution in [-0.2, 0) is 10.2 Å². The van der Waals surface area contributed by atoms with E-state index in [0.29, 0.717) is 12.5 Å². The standard InChI is InChI=1S/C19H30N2O/c1-19(2,3)15-9-11-17(12-10-15)21-18(22)13-14-20-16-7-5-4-6-8-16/h9-12,16,20H,4-8,13-14H2,1-3H3,(H,21,22). The van der Waals surface area contributed by atoms with Crippen LogP contribution in [0.5, 0.6) is 0 Å². The van der Waals surface area contributed by atoms with Crippen molar-refractivity contribution >= 4 is 11.6 Å². The maximum atomic E-state index is 12.0. The van der Waals surface area contributed by atoms with Gasteiger partial charge in [0.05, 0.1) is 0 Å². The van der Waals surface area contributed by atoms with E-state index in [9.17, 15) is 4.79 Å². The Bertz CT molecular complexity index is 467. The molecule has 0 unspecified atom stereocenters. The molecule has 3 nitrogen and oxygen atoms in total. The highest BCUT2D eigenvalue weighted by Crippen LogP contribution is 2.23. The highest BCUT2D eigenvalue weighted by Gasteiger charge is 2.14. The van der Waals surface area contributed by atoms with Crippen molar-refractivity contribution in [1.82, 2.24) is 5.32 Å². The second-order valence-electron chi connectivity index (χ2n) is 7.41. The Kier molecular flexibility index (Phi) is 6.01. The fraction of sp³-hybridized carbons (Fsp3) is 0.632. The first kappa shape index (κ1) is 17.0. The number of rotatable bonds is 5. The monoisotopic (exact) mass is 302 g/mol. The van der Waals surface area contributed by atoms with Gasteiger partial charge in [0.2, 0.25) is 5.91 Å². The largest absolute Gasteiger partial charge is 0.326 e. The van der Waals surface area contributed by atoms with Crippen molar-refractivity contribution in [3.63, 3.8) is 0 Å². The zero-order valence-corrected chi connectivity index (χ0v) is 14.2. The molecule has 0 spiro atoms. The van der Waals surface area contributed by atoms with Gasteiger partial charge in [0.1, 0.15) is 0 Å². The molecule has 1 aromatic rings. The molecule has 1 aliphatic carbocycles. The SMILES string of the molecule is CC(C)(C)c1ccc(NC(=O)CCNC2CCCCC2)cc1. The van der Waals surface area contributed by atoms with Crippen molar-refractivity contribution in [1.29, 1.82) is 0 Å². The average Bonchev–Trinajstić information content (AvgIpc) is 2.48. The Balaban J connectivity index is 1.72. The van der Waals surface area contributed by atoms with Crippen molar-refractivity contribution in [3.05, 3.63) is 29.8 Å². The number of carbonyl (C=O) groups is 1. The van der Waals surface area contributed by atoms with Gasteiger partial charge in [-0.25, -0.2) is 0 Å². The predicted molar refractivity (Wildman–Crippen MR) is 93.3 cm³/mol. The molecular weight excluding hydrogens is 272 g/mol. The summed E-state index contributed by atoms with van der Waals surface area (Å²) in [5.74, 6) is 0.0896. The summed E-state index contributed by atoms with van der Waals surface area (Å²) in [4.78, 5) is 12.0. The molecule has 1 saturated carbocycles. The molecule has 0 aliphatic heterocycles. The molecule has 2 N–H and O–H groups in total. The van der Waals surface area contributed by atoms with E-state index in [1.165, 1.54) is 37.7 Å². The molecule has 122 valence electrons. The molecule has 0 aromatic heterocycles. The maximum Gasteiger partial charge on any atom is 0.225 e. The summed E-state index contributed by atoms with van der Waals surface area (Å²) in [7, 11) is 0. The third kappa shape index (κ3) is 5.45. The van der Waals surface area contributed by atoms with Crippen molar-refractivity contribution in [2.75, 3.05) is 11.9 Å². The van der Waals surface area contributed by atoms with Gasteiger partial charge < -0.3 is 10.6 Å². The number of nitrogens with one attached hydrogen (secondary N) is 2. The third-order valence-corrected chi connectivity index (χ3v) is 4.42. The molecule has 0 atom stereocenters. The maximum absolute atomic E-state index is 12.0. The minimum absolute atomic E-state index is 0.0896. The van der Waals surface area contributed by atoms with Crippen LogP contribution in [0.4, 0.5) is 5.69 Å². The number of hydrogen-bond acceptors (Lipinski definition) is 2. The van der Waals surface area contributed by atoms with Crippen LogP contribution in [0.2, 0.25) is 0 Å². The summed E-state index contributed by atoms with van der Waals surface area (Å²) in [5, 5.41) is 6.49. The van der Waals surface area contributed by atoms with E-state index in [0.717, 1.165) is 12.2 Å². The van der Waals surface area contributed by atoms with E-state index in [2.05, 4.69) is 43.5 Å². The third-order valence-electron chi connectivity index (χ3n) is 4.42. The molecule has 1 amide bonds. The molecule has 1 aromatic carbocycles. The lowest BCUT2D eigenvalue weighted by molar-refractivity contribution is -0.116. The summed E-state index contributed by atoms with van der Waals surface area (Å²) in [5.41, 5.74) is 2.31. The van der Waals surface area contributed by atoms with Crippen LogP contribution in [0.1, 0.15) is 64.9 Å². The predicted octanol–water partition coefficient (Wildman–Crippen LogP) is 4.24. The number of anilines is 1. The lowest BCUT2D eigenvalue weighted by atomic mass is 9.87. The summed E-state index contributed by atoms with van der Waals surface area (Å²) in [6.07, 6.45) is 7.07. The second-order valence-corrected chi connectivity index (χ2v) is 7.41. The fourth-order valence-corrected chi connectivity index (χ4v) is 2.97. The smallest absolute Gasteiger partial charge is 0.225 e. The van der Waals surface area contributed by atoms with E-state index in [4.69, 9.17) is 0 Å². The van der Waals surface area contributed by atoms with Gasteiger partial charge in [-0.1, -0.05) is 52.2 Å². The molecule has 1 aliphatic rings. The van der Waals surface area contributed by atoms with Gasteiger partial charge in [-0.2, -0.15) is 0 Å². The molecule has 0 saturated heterocycles. The van der Waals surface area contributed by atoms with Crippen molar-refractivity contribution < 1.29 is 4.79 Å². The van der Waals surface area contributed by atoms with Gasteiger partial charge >= 0.3 is 0 Å². The summed E-state index contributed by atoms with van der Waals surface area (Å²) < 4.78 is 0. The lowest BCUT2D eigenvalue weighted by Gasteiger charge is -2.22. The molecular formula is C19H30N2O. The number of benzene rings is 1. The van der Waals surface area contributed by atoms with Gasteiger partial charge in [-0.05, 0) is 36.0 Å². The Morgan fingerprint density at radius 2 is 1.73 bits per heavy atom. The highest BCUT2D eigenvalue weighted by atomic mass is 16.1. The van der Waals surface area contributed by atoms with Gasteiger partial charge in [0.15, 0.2) is 0 Å². The van der Waals surface area contributed by atoms with Crippen LogP contribution in [-0.4, -0.2) is 18.5 Å². The Hall–Kier alpha value is -1.35. The van der Waals surface area contributed by atoms with Gasteiger partial charge in [-0.3, -0.25) is 4.79 Å². The van der Waals surface area contributed by atoms with Gasteiger partial charge in [0, 0.05) is 24.7 Å². The minimum atomic E-state index is 0.0896. The zero-order chi connectivity index (χ0) is 16.0. The number of carbonyl (C=O) groups excluding carboxylic acids is 1. The van der Waals surface area contributed by atoms with E-state index < -0.39 is 0 Å². The van der Waals surface area contributed by atoms with Crippen LogP contribution in [0.3, 0.4) is 0 Å². The molecule has 22 heavy (non-hydrogen) atoms. The van der Waals surface area contributed by atoms with Crippen LogP contribution in [0.25, 0.3) is 0 Å². The van der Waals surface area contributed by atoms with E-state index in [1.807, 2.05) is 12.1 Å². The Labute approximate surface area is 134 Å². The first-order chi connectivity index (χ1) is 10.4. The fourth-order valence-electron chi connectivity index (χ4n) is 2.97. The molecule has 1 fully saturated rings. The molecule has 0 heterocycles. The summed E-state index contributed by atoms with van der Waals surface area (Å²) >= 11 is 0. The van der Waals surface area contributed by atoms with Crippen LogP contribution in [0, 0.1) is 0 Å². The summed E-state index contributed by atoms with van der Waals surface area (Å²) in [6, 6.07) is 8.79. The topological polar surface area (TPSA) is 41.1 Å². The molecule has 0 radical (unpaired) electrons. The normalized spacial score (nSPS) is 16.5. The average molecular weight is 302 g/mol. The highest BCUT2D eigenvalue weighted by molar-refractivity contribution is 5.90. The number of amides is 1. The van der Waals surface area contributed by atoms with E-state index in [1.54, 1.807) is 0 Å². The first-order valence-electron chi connectivity index (χ1n) is 8.59. The van der Waals surface area contributed by atoms with Crippen molar-refractivity contribution in [2.24, 2.45) is 0 Å². The van der Waals surface area contributed by atoms with Gasteiger partial charge in [0.25, 0.3) is 0 Å². The minimum Gasteiger partial charge on any atom is -0.326 e. The summed E-state index contributed by atoms with van der Waals surface area (Å²) in [6.45, 7) is 7.35. The Morgan fingerprint density at radius 1 is 1.09 bits per heavy atom. The van der Waals surface area contributed by atoms with Crippen molar-refractivity contribution in [3.8, 4) is 0 Å². The van der Waals surface area contributed by atoms with Crippen LogP contribution in [0.15, 0.2) is 24.3 Å². The quantitative estimate of drug-likeness (QED) is 0.854. The number of hydrogen-bond donors (Lipinski definition) is 2. The lowest BCUT2D eigenvalue weighted by Crippen LogP contribution is -2.33. The zero-order valence-electron chi connectivity index (χ0n) is 14.2. The Morgan fingerprint density at radius 3 is 2.32 bits per heavy atom. The molecule has 2 rings (SSSR count). The van der Waals surface area contributed by atoms with E-state index in [-0.39, 0.29) is 11.3 Å². The van der Waals surface area contributed by atoms with Gasteiger partial charge in [-0.15, -0.1) is 0 Å². The molecule has 0 bridgehead atoms. The van der Waals surface area contributed by atoms with E-state index >= 15 is 0 Å². The second kappa shape index (κ2) is 7.77. The first-order valence-corrected chi connectivity index (χ1v) is 8.59.